The molecule has 2 saturated carbocycles. The average Bonchev–Trinajstić information content (AvgIpc) is 3.79. The van der Waals surface area contributed by atoms with E-state index in [9.17, 15) is 9.59 Å². The molecule has 2 aliphatic rings. The van der Waals surface area contributed by atoms with Crippen LogP contribution in [0.1, 0.15) is 13.8 Å². The number of hydrogen-bond donors (Lipinski definition) is 0. The second-order valence-electron chi connectivity index (χ2n) is 10.1. The fourth-order valence-corrected chi connectivity index (χ4v) is 10.0. The van der Waals surface area contributed by atoms with Crippen LogP contribution in [-0.2, 0) is 36.1 Å². The van der Waals surface area contributed by atoms with Gasteiger partial charge in [0.15, 0.2) is 0 Å². The SMILES string of the molecule is CCOC(=O)[C]1[CH][CH][CH][C]1P(c1ccccc1)c1ccccc1.CCOC(=O)[C]1[CH][CH][CH][C]1P(c1ccccc1)c1ccccc1.[Fe+2]. The number of esters is 2. The summed E-state index contributed by atoms with van der Waals surface area (Å²) in [5, 5.41) is 4.91. The van der Waals surface area contributed by atoms with Gasteiger partial charge in [-0.05, 0) is 89.4 Å². The minimum Gasteiger partial charge on any atom is -0.465 e. The van der Waals surface area contributed by atoms with E-state index >= 15 is 0 Å². The van der Waals surface area contributed by atoms with Crippen molar-refractivity contribution in [2.24, 2.45) is 0 Å². The standard InChI is InChI=1S/2C20H18O2P.Fe/c2*1-2-22-20(21)18-14-9-15-19(18)23(16-10-5-3-6-11-16)17-12-7-4-8-13-17;/h2*3-15H,2H2,1H3;/q;;+2. The Hall–Kier alpha value is -2.80. The monoisotopic (exact) mass is 698 g/mol. The first-order valence-electron chi connectivity index (χ1n) is 15.3. The molecule has 4 nitrogen and oxygen atoms in total. The fraction of sp³-hybridized carbons (Fsp3) is 0.100. The molecular weight excluding hydrogens is 662 g/mol. The minimum atomic E-state index is -0.774. The van der Waals surface area contributed by atoms with E-state index in [4.69, 9.17) is 9.47 Å². The Labute approximate surface area is 294 Å². The first-order chi connectivity index (χ1) is 22.6. The Kier molecular flexibility index (Phi) is 15.2. The van der Waals surface area contributed by atoms with Gasteiger partial charge in [-0.25, -0.2) is 0 Å². The summed E-state index contributed by atoms with van der Waals surface area (Å²) in [6.07, 6.45) is 11.7. The van der Waals surface area contributed by atoms with Crippen molar-refractivity contribution >= 4 is 49.0 Å². The van der Waals surface area contributed by atoms with E-state index in [1.807, 2.05) is 125 Å². The van der Waals surface area contributed by atoms with Gasteiger partial charge in [0.25, 0.3) is 0 Å². The quantitative estimate of drug-likeness (QED) is 0.104. The van der Waals surface area contributed by atoms with E-state index in [0.29, 0.717) is 25.0 Å². The van der Waals surface area contributed by atoms with Gasteiger partial charge in [-0.15, -0.1) is 0 Å². The molecule has 0 unspecified atom stereocenters. The van der Waals surface area contributed by atoms with Crippen LogP contribution in [0.3, 0.4) is 0 Å². The Bertz CT molecular complexity index is 1300. The predicted octanol–water partition coefficient (Wildman–Crippen LogP) is 6.83. The number of hydrogen-bond acceptors (Lipinski definition) is 4. The Morgan fingerprint density at radius 2 is 0.745 bits per heavy atom. The molecule has 7 heteroatoms. The van der Waals surface area contributed by atoms with Gasteiger partial charge in [0.1, 0.15) is 11.8 Å². The molecule has 0 amide bonds. The zero-order chi connectivity index (χ0) is 32.1. The zero-order valence-corrected chi connectivity index (χ0v) is 29.2. The van der Waals surface area contributed by atoms with Crippen LogP contribution in [0.2, 0.25) is 0 Å². The second kappa shape index (κ2) is 19.3. The van der Waals surface area contributed by atoms with Crippen LogP contribution in [0, 0.1) is 61.7 Å². The minimum absolute atomic E-state index is 0. The van der Waals surface area contributed by atoms with Crippen molar-refractivity contribution in [1.29, 1.82) is 0 Å². The molecule has 6 rings (SSSR count). The van der Waals surface area contributed by atoms with Gasteiger partial charge >= 0.3 is 29.0 Å². The number of ether oxygens (including phenoxy) is 2. The summed E-state index contributed by atoms with van der Waals surface area (Å²) in [4.78, 5) is 24.6. The maximum Gasteiger partial charge on any atom is 2.00 e. The van der Waals surface area contributed by atoms with Crippen LogP contribution in [0.15, 0.2) is 121 Å². The third-order valence-corrected chi connectivity index (χ3v) is 12.1. The van der Waals surface area contributed by atoms with E-state index in [-0.39, 0.29) is 29.0 Å². The number of benzene rings is 4. The van der Waals surface area contributed by atoms with Crippen LogP contribution in [0.5, 0.6) is 0 Å². The van der Waals surface area contributed by atoms with Crippen LogP contribution < -0.4 is 21.2 Å². The van der Waals surface area contributed by atoms with Gasteiger partial charge in [0.05, 0.1) is 13.2 Å². The largest absolute Gasteiger partial charge is 2.00 e. The summed E-state index contributed by atoms with van der Waals surface area (Å²) in [7, 11) is -1.55. The molecule has 0 saturated heterocycles. The first kappa shape index (κ1) is 37.0. The Morgan fingerprint density at radius 3 is 1.00 bits per heavy atom. The molecule has 0 aromatic heterocycles. The molecule has 0 bridgehead atoms. The molecular formula is C40H36FeO4P2+2. The molecule has 10 radical (unpaired) electrons. The van der Waals surface area contributed by atoms with Crippen LogP contribution >= 0.6 is 15.8 Å². The van der Waals surface area contributed by atoms with Gasteiger partial charge < -0.3 is 9.47 Å². The summed E-state index contributed by atoms with van der Waals surface area (Å²) in [5.41, 5.74) is 2.10. The normalized spacial score (nSPS) is 15.6. The van der Waals surface area contributed by atoms with Crippen molar-refractivity contribution in [3.63, 3.8) is 0 Å². The molecule has 4 aromatic carbocycles. The molecule has 0 aliphatic heterocycles. The molecule has 47 heavy (non-hydrogen) atoms. The Morgan fingerprint density at radius 1 is 0.468 bits per heavy atom. The fourth-order valence-electron chi connectivity index (χ4n) is 5.14. The third kappa shape index (κ3) is 9.64. The van der Waals surface area contributed by atoms with E-state index in [2.05, 4.69) is 48.5 Å². The molecule has 236 valence electrons. The summed E-state index contributed by atoms with van der Waals surface area (Å²) in [5.74, 6) is 0.857. The number of rotatable bonds is 10. The third-order valence-electron chi connectivity index (χ3n) is 7.12. The van der Waals surface area contributed by atoms with Gasteiger partial charge in [0.2, 0.25) is 0 Å². The van der Waals surface area contributed by atoms with Gasteiger partial charge in [-0.3, -0.25) is 9.59 Å². The molecule has 0 atom stereocenters. The smallest absolute Gasteiger partial charge is 0.465 e. The number of carbonyl (C=O) groups excluding carboxylic acids is 2. The predicted molar refractivity (Wildman–Crippen MR) is 190 cm³/mol. The van der Waals surface area contributed by atoms with Crippen molar-refractivity contribution in [3.05, 3.63) is 183 Å². The van der Waals surface area contributed by atoms with E-state index < -0.39 is 15.8 Å². The zero-order valence-electron chi connectivity index (χ0n) is 26.3. The van der Waals surface area contributed by atoms with Crippen LogP contribution in [0.4, 0.5) is 0 Å². The van der Waals surface area contributed by atoms with E-state index in [0.717, 1.165) is 11.3 Å². The summed E-state index contributed by atoms with van der Waals surface area (Å²) in [6.45, 7) is 4.44. The molecule has 4 aromatic rings. The second-order valence-corrected chi connectivity index (χ2v) is 14.5. The summed E-state index contributed by atoms with van der Waals surface area (Å²) < 4.78 is 10.4. The van der Waals surface area contributed by atoms with E-state index in [1.165, 1.54) is 21.2 Å². The van der Waals surface area contributed by atoms with Crippen molar-refractivity contribution in [2.45, 2.75) is 13.8 Å². The van der Waals surface area contributed by atoms with Crippen molar-refractivity contribution < 1.29 is 36.1 Å². The van der Waals surface area contributed by atoms with Gasteiger partial charge in [-0.1, -0.05) is 121 Å². The van der Waals surface area contributed by atoms with Crippen molar-refractivity contribution in [1.82, 2.24) is 0 Å². The van der Waals surface area contributed by atoms with Crippen molar-refractivity contribution in [3.8, 4) is 0 Å². The topological polar surface area (TPSA) is 52.6 Å². The average molecular weight is 699 g/mol. The summed E-state index contributed by atoms with van der Waals surface area (Å²) in [6, 6.07) is 41.4. The van der Waals surface area contributed by atoms with Crippen molar-refractivity contribution in [2.75, 3.05) is 13.2 Å². The van der Waals surface area contributed by atoms with E-state index in [1.54, 1.807) is 0 Å². The van der Waals surface area contributed by atoms with Crippen LogP contribution in [-0.4, -0.2) is 25.2 Å². The molecule has 2 aliphatic carbocycles. The Balaban J connectivity index is 0.000000208. The van der Waals surface area contributed by atoms with Crippen LogP contribution in [0.25, 0.3) is 0 Å². The maximum atomic E-state index is 12.3. The molecule has 0 N–H and O–H groups in total. The summed E-state index contributed by atoms with van der Waals surface area (Å²) >= 11 is 0. The van der Waals surface area contributed by atoms with Gasteiger partial charge in [-0.2, -0.15) is 0 Å². The number of carbonyl (C=O) groups is 2. The maximum absolute atomic E-state index is 12.3. The molecule has 2 fully saturated rings. The molecule has 0 heterocycles. The first-order valence-corrected chi connectivity index (χ1v) is 18.0. The molecule has 0 spiro atoms. The van der Waals surface area contributed by atoms with Gasteiger partial charge in [0, 0.05) is 11.3 Å².